The van der Waals surface area contributed by atoms with Crippen LogP contribution >= 0.6 is 0 Å². The second-order valence-electron chi connectivity index (χ2n) is 8.70. The molecule has 12 nitrogen and oxygen atoms in total. The molecule has 4 atom stereocenters. The molecule has 182 valence electrons. The van der Waals surface area contributed by atoms with Crippen molar-refractivity contribution in [3.63, 3.8) is 0 Å². The van der Waals surface area contributed by atoms with Crippen molar-refractivity contribution >= 4 is 41.7 Å². The Morgan fingerprint density at radius 1 is 1.12 bits per heavy atom. The van der Waals surface area contributed by atoms with E-state index >= 15 is 0 Å². The molecular weight excluding hydrogens is 450 g/mol. The molecule has 1 aliphatic carbocycles. The van der Waals surface area contributed by atoms with E-state index in [4.69, 9.17) is 4.74 Å². The number of carbonyl (C=O) groups excluding carboxylic acids is 6. The molecule has 0 aromatic carbocycles. The Morgan fingerprint density at radius 3 is 2.41 bits per heavy atom. The molecule has 3 heterocycles. The summed E-state index contributed by atoms with van der Waals surface area (Å²) in [5.74, 6) is -5.74. The summed E-state index contributed by atoms with van der Waals surface area (Å²) in [6.07, 6.45) is 0.0132. The van der Waals surface area contributed by atoms with Gasteiger partial charge >= 0.3 is 18.0 Å². The highest BCUT2D eigenvalue weighted by atomic mass is 16.6. The van der Waals surface area contributed by atoms with Gasteiger partial charge in [-0.2, -0.15) is 0 Å². The van der Waals surface area contributed by atoms with Gasteiger partial charge in [-0.3, -0.25) is 28.9 Å². The fourth-order valence-electron chi connectivity index (χ4n) is 5.68. The molecule has 3 fully saturated rings. The van der Waals surface area contributed by atoms with Crippen LogP contribution in [0, 0.1) is 17.8 Å². The molecule has 2 saturated heterocycles. The molecule has 4 rings (SSSR count). The molecule has 12 heteroatoms. The first-order valence-corrected chi connectivity index (χ1v) is 10.9. The van der Waals surface area contributed by atoms with Gasteiger partial charge in [0.05, 0.1) is 26.1 Å². The van der Waals surface area contributed by atoms with Crippen LogP contribution < -0.4 is 0 Å². The molecule has 1 saturated carbocycles. The highest BCUT2D eigenvalue weighted by Crippen LogP contribution is 2.55. The molecule has 0 aromatic heterocycles. The lowest BCUT2D eigenvalue weighted by Crippen LogP contribution is -2.63. The van der Waals surface area contributed by atoms with Crippen molar-refractivity contribution in [2.24, 2.45) is 22.7 Å². The van der Waals surface area contributed by atoms with E-state index in [1.807, 2.05) is 0 Å². The second kappa shape index (κ2) is 8.33. The number of aliphatic imine (C=N–C) groups is 1. The standard InChI is InChI=1S/C22H25N3O9/c1-5-10-11-6-7-12-15(19(30)24(17(12)28)9-14(27)33-4)16(11)22(2)20(23-8-13(26)32-3)34-21(31)25(22)18(10)29/h12,15-16H,5-9H2,1-4H3/t12-,15-,16+,22+/m1/s1. The Balaban J connectivity index is 1.86. The largest absolute Gasteiger partial charge is 0.468 e. The first-order valence-electron chi connectivity index (χ1n) is 10.9. The fourth-order valence-corrected chi connectivity index (χ4v) is 5.68. The maximum atomic E-state index is 13.5. The van der Waals surface area contributed by atoms with Gasteiger partial charge in [0.1, 0.15) is 18.6 Å². The summed E-state index contributed by atoms with van der Waals surface area (Å²) in [5.41, 5.74) is -0.479. The monoisotopic (exact) mass is 475 g/mol. The maximum absolute atomic E-state index is 13.5. The topological polar surface area (TPSA) is 149 Å². The van der Waals surface area contributed by atoms with Crippen LogP contribution in [-0.4, -0.2) is 84.3 Å². The summed E-state index contributed by atoms with van der Waals surface area (Å²) in [4.78, 5) is 82.2. The summed E-state index contributed by atoms with van der Waals surface area (Å²) in [6, 6.07) is 0. The Kier molecular flexibility index (Phi) is 5.78. The van der Waals surface area contributed by atoms with Crippen molar-refractivity contribution in [1.29, 1.82) is 0 Å². The molecule has 4 amide bonds. The number of rotatable bonds is 5. The van der Waals surface area contributed by atoms with Gasteiger partial charge in [0.2, 0.25) is 17.7 Å². The summed E-state index contributed by atoms with van der Waals surface area (Å²) in [6.45, 7) is 2.33. The van der Waals surface area contributed by atoms with Crippen molar-refractivity contribution in [2.45, 2.75) is 38.6 Å². The molecule has 0 bridgehead atoms. The summed E-state index contributed by atoms with van der Waals surface area (Å²) < 4.78 is 14.6. The normalized spacial score (nSPS) is 31.4. The number of fused-ring (bicyclic) bond motifs is 5. The predicted molar refractivity (Wildman–Crippen MR) is 112 cm³/mol. The molecule has 0 unspecified atom stereocenters. The first-order chi connectivity index (χ1) is 16.1. The number of ether oxygens (including phenoxy) is 3. The number of hydrogen-bond acceptors (Lipinski definition) is 10. The van der Waals surface area contributed by atoms with E-state index in [1.54, 1.807) is 13.8 Å². The van der Waals surface area contributed by atoms with Crippen LogP contribution in [0.2, 0.25) is 0 Å². The number of amides is 4. The molecule has 0 N–H and O–H groups in total. The summed E-state index contributed by atoms with van der Waals surface area (Å²) >= 11 is 0. The summed E-state index contributed by atoms with van der Waals surface area (Å²) in [5, 5.41) is 0. The Bertz CT molecular complexity index is 1080. The first kappa shape index (κ1) is 23.6. The predicted octanol–water partition coefficient (Wildman–Crippen LogP) is 0.200. The molecule has 0 aromatic rings. The lowest BCUT2D eigenvalue weighted by atomic mass is 9.59. The van der Waals surface area contributed by atoms with Gasteiger partial charge in [0.15, 0.2) is 0 Å². The smallest absolute Gasteiger partial charge is 0.424 e. The molecule has 0 spiro atoms. The van der Waals surface area contributed by atoms with Gasteiger partial charge in [0.25, 0.3) is 5.91 Å². The Labute approximate surface area is 194 Å². The minimum Gasteiger partial charge on any atom is -0.468 e. The van der Waals surface area contributed by atoms with Crippen LogP contribution in [-0.2, 0) is 38.2 Å². The zero-order valence-electron chi connectivity index (χ0n) is 19.3. The van der Waals surface area contributed by atoms with Gasteiger partial charge in [-0.05, 0) is 26.2 Å². The van der Waals surface area contributed by atoms with E-state index in [2.05, 4.69) is 14.5 Å². The van der Waals surface area contributed by atoms with Gasteiger partial charge in [0, 0.05) is 11.5 Å². The van der Waals surface area contributed by atoms with Gasteiger partial charge < -0.3 is 14.2 Å². The fraction of sp³-hybridized carbons (Fsp3) is 0.591. The third kappa shape index (κ3) is 3.15. The molecular formula is C22H25N3O9. The second-order valence-corrected chi connectivity index (χ2v) is 8.70. The van der Waals surface area contributed by atoms with E-state index in [0.29, 0.717) is 30.4 Å². The van der Waals surface area contributed by atoms with Gasteiger partial charge in [-0.25, -0.2) is 14.7 Å². The third-order valence-corrected chi connectivity index (χ3v) is 7.19. The minimum atomic E-state index is -1.53. The Morgan fingerprint density at radius 2 is 1.79 bits per heavy atom. The maximum Gasteiger partial charge on any atom is 0.424 e. The number of methoxy groups -OCH3 is 2. The molecule has 3 aliphatic heterocycles. The van der Waals surface area contributed by atoms with Crippen LogP contribution in [0.4, 0.5) is 4.79 Å². The van der Waals surface area contributed by atoms with Crippen molar-refractivity contribution in [1.82, 2.24) is 9.80 Å². The van der Waals surface area contributed by atoms with Crippen molar-refractivity contribution in [3.05, 3.63) is 11.1 Å². The van der Waals surface area contributed by atoms with Crippen LogP contribution in [0.15, 0.2) is 16.1 Å². The zero-order valence-corrected chi connectivity index (χ0v) is 19.3. The third-order valence-electron chi connectivity index (χ3n) is 7.19. The van der Waals surface area contributed by atoms with E-state index < -0.39 is 72.1 Å². The van der Waals surface area contributed by atoms with E-state index in [-0.39, 0.29) is 5.90 Å². The highest BCUT2D eigenvalue weighted by Gasteiger charge is 2.68. The van der Waals surface area contributed by atoms with Crippen LogP contribution in [0.5, 0.6) is 0 Å². The van der Waals surface area contributed by atoms with Crippen molar-refractivity contribution < 1.29 is 43.0 Å². The molecule has 34 heavy (non-hydrogen) atoms. The molecule has 0 radical (unpaired) electrons. The van der Waals surface area contributed by atoms with E-state index in [1.165, 1.54) is 7.11 Å². The summed E-state index contributed by atoms with van der Waals surface area (Å²) in [7, 11) is 2.34. The zero-order chi connectivity index (χ0) is 24.9. The average molecular weight is 475 g/mol. The number of likely N-dealkylation sites (tertiary alicyclic amines) is 1. The Hall–Kier alpha value is -3.57. The number of carbonyl (C=O) groups is 6. The number of nitrogens with zero attached hydrogens (tertiary/aromatic N) is 3. The minimum absolute atomic E-state index is 0.193. The number of esters is 2. The SMILES string of the molecule is CCC1=C2CC[C@H]3C(=O)N(CC(=O)OC)C(=O)[C@H]3[C@H]2[C@@]2(C)C(=NCC(=O)OC)OC(=O)N2C1=O. The molecule has 4 aliphatic rings. The lowest BCUT2D eigenvalue weighted by Gasteiger charge is -2.48. The van der Waals surface area contributed by atoms with Crippen LogP contribution in [0.3, 0.4) is 0 Å². The number of hydrogen-bond donors (Lipinski definition) is 0. The lowest BCUT2D eigenvalue weighted by molar-refractivity contribution is -0.151. The van der Waals surface area contributed by atoms with Gasteiger partial charge in [-0.15, -0.1) is 0 Å². The number of imide groups is 2. The van der Waals surface area contributed by atoms with E-state index in [9.17, 15) is 28.8 Å². The van der Waals surface area contributed by atoms with E-state index in [0.717, 1.165) is 16.9 Å². The van der Waals surface area contributed by atoms with Crippen LogP contribution in [0.25, 0.3) is 0 Å². The highest BCUT2D eigenvalue weighted by molar-refractivity contribution is 6.17. The van der Waals surface area contributed by atoms with Crippen molar-refractivity contribution in [3.8, 4) is 0 Å². The van der Waals surface area contributed by atoms with Crippen molar-refractivity contribution in [2.75, 3.05) is 27.3 Å². The number of cyclic esters (lactones) is 1. The van der Waals surface area contributed by atoms with Crippen LogP contribution in [0.1, 0.15) is 33.1 Å². The average Bonchev–Trinajstić information content (AvgIpc) is 3.22. The van der Waals surface area contributed by atoms with Gasteiger partial charge in [-0.1, -0.05) is 12.5 Å². The quantitative estimate of drug-likeness (QED) is 0.309.